The monoisotopic (exact) mass is 272 g/mol. The summed E-state index contributed by atoms with van der Waals surface area (Å²) in [6.07, 6.45) is 0. The predicted octanol–water partition coefficient (Wildman–Crippen LogP) is 3.69. The van der Waals surface area contributed by atoms with Gasteiger partial charge in [-0.05, 0) is 31.9 Å². The number of hydrogen-bond donors (Lipinski definition) is 0. The molecule has 1 unspecified atom stereocenters. The van der Waals surface area contributed by atoms with Crippen molar-refractivity contribution in [3.8, 4) is 0 Å². The first kappa shape index (κ1) is 13.8. The number of rotatable bonds is 3. The number of aryl methyl sites for hydroxylation is 3. The quantitative estimate of drug-likeness (QED) is 0.797. The van der Waals surface area contributed by atoms with Crippen LogP contribution in [-0.2, 0) is 4.52 Å². The van der Waals surface area contributed by atoms with Crippen LogP contribution in [0.15, 0.2) is 42.5 Å². The third kappa shape index (κ3) is 3.42. The SMILES string of the molecule is Cc1cc(C)c(C(=O)OPc2ccccc2)c(C)c1. The van der Waals surface area contributed by atoms with Gasteiger partial charge in [-0.2, -0.15) is 0 Å². The molecular weight excluding hydrogens is 255 g/mol. The lowest BCUT2D eigenvalue weighted by atomic mass is 10.0. The average molecular weight is 272 g/mol. The van der Waals surface area contributed by atoms with Crippen LogP contribution in [0.3, 0.4) is 0 Å². The summed E-state index contributed by atoms with van der Waals surface area (Å²) in [6, 6.07) is 13.8. The summed E-state index contributed by atoms with van der Waals surface area (Å²) in [7, 11) is 0.0508. The van der Waals surface area contributed by atoms with Crippen LogP contribution in [-0.4, -0.2) is 5.97 Å². The van der Waals surface area contributed by atoms with Crippen LogP contribution in [0.2, 0.25) is 0 Å². The second kappa shape index (κ2) is 5.99. The maximum absolute atomic E-state index is 12.2. The van der Waals surface area contributed by atoms with E-state index < -0.39 is 0 Å². The Kier molecular flexibility index (Phi) is 4.34. The highest BCUT2D eigenvalue weighted by molar-refractivity contribution is 7.42. The largest absolute Gasteiger partial charge is 0.440 e. The second-order valence-electron chi connectivity index (χ2n) is 4.63. The molecule has 0 fully saturated rings. The highest BCUT2D eigenvalue weighted by Gasteiger charge is 2.14. The van der Waals surface area contributed by atoms with E-state index in [0.29, 0.717) is 5.56 Å². The zero-order valence-corrected chi connectivity index (χ0v) is 12.4. The molecule has 0 amide bonds. The van der Waals surface area contributed by atoms with Crippen molar-refractivity contribution in [3.63, 3.8) is 0 Å². The molecule has 0 aliphatic carbocycles. The third-order valence-electron chi connectivity index (χ3n) is 2.92. The lowest BCUT2D eigenvalue weighted by Crippen LogP contribution is -2.07. The van der Waals surface area contributed by atoms with E-state index in [1.54, 1.807) is 0 Å². The van der Waals surface area contributed by atoms with Gasteiger partial charge in [0.1, 0.15) is 8.81 Å². The van der Waals surface area contributed by atoms with Gasteiger partial charge in [-0.1, -0.05) is 48.0 Å². The number of hydrogen-bond acceptors (Lipinski definition) is 2. The van der Waals surface area contributed by atoms with Crippen LogP contribution >= 0.6 is 8.81 Å². The van der Waals surface area contributed by atoms with E-state index in [4.69, 9.17) is 4.52 Å². The molecule has 98 valence electrons. The molecule has 0 heterocycles. The van der Waals surface area contributed by atoms with Crippen molar-refractivity contribution in [3.05, 3.63) is 64.7 Å². The Morgan fingerprint density at radius 1 is 1.00 bits per heavy atom. The van der Waals surface area contributed by atoms with Crippen LogP contribution in [0.1, 0.15) is 27.0 Å². The zero-order valence-electron chi connectivity index (χ0n) is 11.4. The van der Waals surface area contributed by atoms with E-state index in [1.807, 2.05) is 63.2 Å². The molecule has 0 saturated heterocycles. The first-order valence-corrected chi connectivity index (χ1v) is 7.09. The minimum Gasteiger partial charge on any atom is -0.440 e. The molecule has 3 heteroatoms. The van der Waals surface area contributed by atoms with Crippen LogP contribution in [0.25, 0.3) is 0 Å². The van der Waals surface area contributed by atoms with Gasteiger partial charge in [0.15, 0.2) is 0 Å². The van der Waals surface area contributed by atoms with E-state index >= 15 is 0 Å². The molecule has 0 bridgehead atoms. The second-order valence-corrected chi connectivity index (χ2v) is 5.62. The molecule has 0 aliphatic heterocycles. The van der Waals surface area contributed by atoms with E-state index in [2.05, 4.69) is 0 Å². The molecule has 19 heavy (non-hydrogen) atoms. The normalized spacial score (nSPS) is 10.9. The fourth-order valence-corrected chi connectivity index (χ4v) is 2.81. The average Bonchev–Trinajstić information content (AvgIpc) is 2.36. The summed E-state index contributed by atoms with van der Waals surface area (Å²) in [5.74, 6) is -0.239. The maximum atomic E-state index is 12.2. The lowest BCUT2D eigenvalue weighted by molar-refractivity contribution is 0.0761. The smallest absolute Gasteiger partial charge is 0.341 e. The molecule has 0 saturated carbocycles. The van der Waals surface area contributed by atoms with E-state index in [9.17, 15) is 4.79 Å². The van der Waals surface area contributed by atoms with Gasteiger partial charge in [-0.3, -0.25) is 0 Å². The van der Waals surface area contributed by atoms with Gasteiger partial charge in [0, 0.05) is 5.30 Å². The van der Waals surface area contributed by atoms with Crippen LogP contribution in [0.5, 0.6) is 0 Å². The molecule has 2 rings (SSSR count). The fourth-order valence-electron chi connectivity index (χ4n) is 2.16. The Labute approximate surface area is 115 Å². The van der Waals surface area contributed by atoms with Crippen molar-refractivity contribution in [2.45, 2.75) is 20.8 Å². The summed E-state index contributed by atoms with van der Waals surface area (Å²) in [4.78, 5) is 12.2. The summed E-state index contributed by atoms with van der Waals surface area (Å²) < 4.78 is 5.40. The zero-order chi connectivity index (χ0) is 13.8. The van der Waals surface area contributed by atoms with Gasteiger partial charge in [0.05, 0.1) is 5.56 Å². The van der Waals surface area contributed by atoms with Gasteiger partial charge >= 0.3 is 5.97 Å². The number of carbonyl (C=O) groups is 1. The van der Waals surface area contributed by atoms with Gasteiger partial charge in [0.2, 0.25) is 0 Å². The highest BCUT2D eigenvalue weighted by Crippen LogP contribution is 2.21. The highest BCUT2D eigenvalue weighted by atomic mass is 31.1. The topological polar surface area (TPSA) is 26.3 Å². The Morgan fingerprint density at radius 3 is 2.16 bits per heavy atom. The van der Waals surface area contributed by atoms with Crippen molar-refractivity contribution >= 4 is 20.1 Å². The third-order valence-corrected chi connectivity index (χ3v) is 3.77. The minimum atomic E-state index is -0.239. The lowest BCUT2D eigenvalue weighted by Gasteiger charge is -2.10. The van der Waals surface area contributed by atoms with Gasteiger partial charge in [-0.15, -0.1) is 0 Å². The van der Waals surface area contributed by atoms with Crippen molar-refractivity contribution < 1.29 is 9.32 Å². The van der Waals surface area contributed by atoms with E-state index in [1.165, 1.54) is 0 Å². The molecule has 0 N–H and O–H groups in total. The first-order chi connectivity index (χ1) is 9.08. The van der Waals surface area contributed by atoms with E-state index in [-0.39, 0.29) is 14.8 Å². The van der Waals surface area contributed by atoms with Gasteiger partial charge in [-0.25, -0.2) is 4.79 Å². The first-order valence-electron chi connectivity index (χ1n) is 6.18. The van der Waals surface area contributed by atoms with Crippen molar-refractivity contribution in [2.75, 3.05) is 0 Å². The van der Waals surface area contributed by atoms with E-state index in [0.717, 1.165) is 22.0 Å². The summed E-state index contributed by atoms with van der Waals surface area (Å²) in [5.41, 5.74) is 3.80. The predicted molar refractivity (Wildman–Crippen MR) is 80.5 cm³/mol. The maximum Gasteiger partial charge on any atom is 0.341 e. The number of benzene rings is 2. The van der Waals surface area contributed by atoms with Gasteiger partial charge < -0.3 is 4.52 Å². The Morgan fingerprint density at radius 2 is 1.58 bits per heavy atom. The Balaban J connectivity index is 2.13. The summed E-state index contributed by atoms with van der Waals surface area (Å²) >= 11 is 0. The fraction of sp³-hybridized carbons (Fsp3) is 0.188. The molecule has 1 atom stereocenters. The molecule has 0 radical (unpaired) electrons. The summed E-state index contributed by atoms with van der Waals surface area (Å²) in [5, 5.41) is 1.03. The van der Waals surface area contributed by atoms with Crippen molar-refractivity contribution in [1.29, 1.82) is 0 Å². The Bertz CT molecular complexity index is 568. The van der Waals surface area contributed by atoms with Crippen molar-refractivity contribution in [2.24, 2.45) is 0 Å². The molecule has 0 aliphatic rings. The van der Waals surface area contributed by atoms with Crippen LogP contribution in [0.4, 0.5) is 0 Å². The molecule has 0 spiro atoms. The standard InChI is InChI=1S/C16H17O2P/c1-11-9-12(2)15(13(3)10-11)16(17)18-19-14-7-5-4-6-8-14/h4-10,19H,1-3H3. The van der Waals surface area contributed by atoms with Crippen molar-refractivity contribution in [1.82, 2.24) is 0 Å². The molecule has 0 aromatic heterocycles. The molecule has 2 aromatic carbocycles. The molecule has 2 nitrogen and oxygen atoms in total. The minimum absolute atomic E-state index is 0.0508. The molecular formula is C16H17O2P. The Hall–Kier alpha value is -1.66. The van der Waals surface area contributed by atoms with Gasteiger partial charge in [0.25, 0.3) is 0 Å². The van der Waals surface area contributed by atoms with Crippen LogP contribution < -0.4 is 5.30 Å². The molecule has 2 aromatic rings. The van der Waals surface area contributed by atoms with Crippen LogP contribution in [0, 0.1) is 20.8 Å². The number of carbonyl (C=O) groups excluding carboxylic acids is 1. The summed E-state index contributed by atoms with van der Waals surface area (Å²) in [6.45, 7) is 5.92.